The molecular weight excluding hydrogens is 236 g/mol. The number of halogens is 2. The van der Waals surface area contributed by atoms with Gasteiger partial charge in [-0.05, 0) is 36.5 Å². The Morgan fingerprint density at radius 1 is 1.44 bits per heavy atom. The van der Waals surface area contributed by atoms with Crippen molar-refractivity contribution in [2.45, 2.75) is 44.4 Å². The fourth-order valence-corrected chi connectivity index (χ4v) is 2.58. The average molecular weight is 253 g/mol. The molecule has 1 amide bonds. The summed E-state index contributed by atoms with van der Waals surface area (Å²) in [6.45, 7) is 1.99. The smallest absolute Gasteiger partial charge is 0.249 e. The van der Waals surface area contributed by atoms with Crippen molar-refractivity contribution < 1.29 is 13.6 Å². The standard InChI is InChI=1S/C14H17F2NO/c1-2-4-9-5-3-6-10(12(17)18)11(9)14(7-8-14)13(15)16/h3,5-6,13H,2,4,7-8H2,1H3,(H2,17,18). The number of hydrogen-bond donors (Lipinski definition) is 1. The first kappa shape index (κ1) is 13.0. The second kappa shape index (κ2) is 4.67. The first-order valence-corrected chi connectivity index (χ1v) is 6.23. The maximum atomic E-state index is 13.3. The monoisotopic (exact) mass is 253 g/mol. The van der Waals surface area contributed by atoms with Gasteiger partial charge in [-0.15, -0.1) is 0 Å². The number of carbonyl (C=O) groups excluding carboxylic acids is 1. The Bertz CT molecular complexity index is 467. The van der Waals surface area contributed by atoms with E-state index in [1.54, 1.807) is 12.1 Å². The number of primary amides is 1. The fraction of sp³-hybridized carbons (Fsp3) is 0.500. The third-order valence-electron chi connectivity index (χ3n) is 3.64. The molecule has 0 radical (unpaired) electrons. The molecule has 0 bridgehead atoms. The van der Waals surface area contributed by atoms with Gasteiger partial charge in [-0.3, -0.25) is 4.79 Å². The van der Waals surface area contributed by atoms with E-state index in [9.17, 15) is 13.6 Å². The van der Waals surface area contributed by atoms with Crippen molar-refractivity contribution in [1.82, 2.24) is 0 Å². The van der Waals surface area contributed by atoms with Crippen LogP contribution in [0.3, 0.4) is 0 Å². The van der Waals surface area contributed by atoms with Crippen molar-refractivity contribution >= 4 is 5.91 Å². The van der Waals surface area contributed by atoms with Crippen LogP contribution in [0.25, 0.3) is 0 Å². The molecule has 0 saturated heterocycles. The maximum Gasteiger partial charge on any atom is 0.249 e. The molecule has 0 heterocycles. The van der Waals surface area contributed by atoms with Gasteiger partial charge in [-0.25, -0.2) is 8.78 Å². The zero-order valence-corrected chi connectivity index (χ0v) is 10.4. The van der Waals surface area contributed by atoms with Gasteiger partial charge in [0.1, 0.15) is 0 Å². The summed E-state index contributed by atoms with van der Waals surface area (Å²) in [4.78, 5) is 11.5. The van der Waals surface area contributed by atoms with E-state index in [0.717, 1.165) is 12.0 Å². The average Bonchev–Trinajstić information content (AvgIpc) is 3.10. The number of amides is 1. The predicted octanol–water partition coefficient (Wildman–Crippen LogP) is 3.03. The van der Waals surface area contributed by atoms with Crippen LogP contribution in [0.5, 0.6) is 0 Å². The van der Waals surface area contributed by atoms with Gasteiger partial charge in [0.25, 0.3) is 0 Å². The quantitative estimate of drug-likeness (QED) is 0.861. The van der Waals surface area contributed by atoms with E-state index in [1.165, 1.54) is 0 Å². The molecule has 2 nitrogen and oxygen atoms in total. The van der Waals surface area contributed by atoms with Crippen molar-refractivity contribution in [3.8, 4) is 0 Å². The van der Waals surface area contributed by atoms with Crippen LogP contribution in [-0.2, 0) is 11.8 Å². The predicted molar refractivity (Wildman–Crippen MR) is 65.9 cm³/mol. The van der Waals surface area contributed by atoms with Crippen LogP contribution in [0, 0.1) is 0 Å². The van der Waals surface area contributed by atoms with E-state index in [0.29, 0.717) is 24.8 Å². The maximum absolute atomic E-state index is 13.3. The summed E-state index contributed by atoms with van der Waals surface area (Å²) in [7, 11) is 0. The van der Waals surface area contributed by atoms with E-state index in [2.05, 4.69) is 0 Å². The Morgan fingerprint density at radius 2 is 2.11 bits per heavy atom. The van der Waals surface area contributed by atoms with Gasteiger partial charge in [0.15, 0.2) is 0 Å². The van der Waals surface area contributed by atoms with E-state index >= 15 is 0 Å². The van der Waals surface area contributed by atoms with E-state index in [4.69, 9.17) is 5.73 Å². The Kier molecular flexibility index (Phi) is 3.37. The van der Waals surface area contributed by atoms with Crippen LogP contribution < -0.4 is 5.73 Å². The number of hydrogen-bond acceptors (Lipinski definition) is 1. The van der Waals surface area contributed by atoms with E-state index in [1.807, 2.05) is 13.0 Å². The summed E-state index contributed by atoms with van der Waals surface area (Å²) in [5, 5.41) is 0. The lowest BCUT2D eigenvalue weighted by Crippen LogP contribution is -2.25. The fourth-order valence-electron chi connectivity index (χ4n) is 2.58. The van der Waals surface area contributed by atoms with Crippen molar-refractivity contribution in [3.63, 3.8) is 0 Å². The Balaban J connectivity index is 2.58. The summed E-state index contributed by atoms with van der Waals surface area (Å²) >= 11 is 0. The molecule has 1 aliphatic carbocycles. The third kappa shape index (κ3) is 2.00. The SMILES string of the molecule is CCCc1cccc(C(N)=O)c1C1(C(F)F)CC1. The van der Waals surface area contributed by atoms with Crippen LogP contribution in [0.1, 0.15) is 47.7 Å². The molecule has 18 heavy (non-hydrogen) atoms. The zero-order chi connectivity index (χ0) is 13.3. The lowest BCUT2D eigenvalue weighted by molar-refractivity contribution is 0.0960. The highest BCUT2D eigenvalue weighted by Crippen LogP contribution is 2.54. The molecule has 1 saturated carbocycles. The second-order valence-corrected chi connectivity index (χ2v) is 4.91. The minimum Gasteiger partial charge on any atom is -0.366 e. The topological polar surface area (TPSA) is 43.1 Å². The number of nitrogens with two attached hydrogens (primary N) is 1. The number of benzene rings is 1. The summed E-state index contributed by atoms with van der Waals surface area (Å²) < 4.78 is 26.5. The molecule has 1 fully saturated rings. The Hall–Kier alpha value is -1.45. The molecule has 0 spiro atoms. The minimum atomic E-state index is -2.44. The van der Waals surface area contributed by atoms with Crippen LogP contribution in [0.2, 0.25) is 0 Å². The molecule has 1 aliphatic rings. The van der Waals surface area contributed by atoms with Crippen molar-refractivity contribution in [3.05, 3.63) is 34.9 Å². The highest BCUT2D eigenvalue weighted by Gasteiger charge is 2.54. The minimum absolute atomic E-state index is 0.263. The lowest BCUT2D eigenvalue weighted by Gasteiger charge is -2.21. The third-order valence-corrected chi connectivity index (χ3v) is 3.64. The van der Waals surface area contributed by atoms with E-state index < -0.39 is 17.7 Å². The first-order chi connectivity index (χ1) is 8.53. The second-order valence-electron chi connectivity index (χ2n) is 4.91. The molecule has 1 aromatic rings. The molecule has 0 aromatic heterocycles. The van der Waals surface area contributed by atoms with E-state index in [-0.39, 0.29) is 5.56 Å². The molecule has 0 aliphatic heterocycles. The first-order valence-electron chi connectivity index (χ1n) is 6.23. The highest BCUT2D eigenvalue weighted by atomic mass is 19.3. The summed E-state index contributed by atoms with van der Waals surface area (Å²) in [5.74, 6) is -0.616. The Labute approximate surface area is 105 Å². The molecule has 1 aromatic carbocycles. The van der Waals surface area contributed by atoms with Crippen LogP contribution >= 0.6 is 0 Å². The van der Waals surface area contributed by atoms with Gasteiger partial charge in [0.05, 0.1) is 5.41 Å². The zero-order valence-electron chi connectivity index (χ0n) is 10.4. The summed E-state index contributed by atoms with van der Waals surface area (Å²) in [6.07, 6.45) is -0.00909. The van der Waals surface area contributed by atoms with Gasteiger partial charge in [-0.2, -0.15) is 0 Å². The van der Waals surface area contributed by atoms with Gasteiger partial charge < -0.3 is 5.73 Å². The van der Waals surface area contributed by atoms with Gasteiger partial charge in [0.2, 0.25) is 12.3 Å². The number of alkyl halides is 2. The van der Waals surface area contributed by atoms with Crippen LogP contribution in [0.4, 0.5) is 8.78 Å². The molecule has 98 valence electrons. The van der Waals surface area contributed by atoms with Crippen LogP contribution in [-0.4, -0.2) is 12.3 Å². The Morgan fingerprint density at radius 3 is 2.56 bits per heavy atom. The molecule has 0 unspecified atom stereocenters. The normalized spacial score (nSPS) is 16.9. The molecule has 2 N–H and O–H groups in total. The molecule has 2 rings (SSSR count). The van der Waals surface area contributed by atoms with Crippen molar-refractivity contribution in [2.75, 3.05) is 0 Å². The molecule has 4 heteroatoms. The van der Waals surface area contributed by atoms with Gasteiger partial charge in [0, 0.05) is 5.56 Å². The number of carbonyl (C=O) groups is 1. The van der Waals surface area contributed by atoms with Crippen LogP contribution in [0.15, 0.2) is 18.2 Å². The van der Waals surface area contributed by atoms with Crippen molar-refractivity contribution in [2.24, 2.45) is 5.73 Å². The number of rotatable bonds is 5. The molecular formula is C14H17F2NO. The van der Waals surface area contributed by atoms with Gasteiger partial charge >= 0.3 is 0 Å². The summed E-state index contributed by atoms with van der Waals surface area (Å²) in [5.41, 5.74) is 5.79. The van der Waals surface area contributed by atoms with Crippen molar-refractivity contribution in [1.29, 1.82) is 0 Å². The molecule has 0 atom stereocenters. The number of aryl methyl sites for hydroxylation is 1. The van der Waals surface area contributed by atoms with Gasteiger partial charge in [-0.1, -0.05) is 25.5 Å². The highest BCUT2D eigenvalue weighted by molar-refractivity contribution is 5.95. The summed E-state index contributed by atoms with van der Waals surface area (Å²) in [6, 6.07) is 5.10. The largest absolute Gasteiger partial charge is 0.366 e. The lowest BCUT2D eigenvalue weighted by atomic mass is 9.85.